The molecule has 0 radical (unpaired) electrons. The number of carboxylic acid groups (broad SMARTS) is 1. The highest BCUT2D eigenvalue weighted by Gasteiger charge is 2.19. The summed E-state index contributed by atoms with van der Waals surface area (Å²) in [4.78, 5) is 17.2. The van der Waals surface area contributed by atoms with Crippen LogP contribution in [0.25, 0.3) is 0 Å². The summed E-state index contributed by atoms with van der Waals surface area (Å²) in [5.74, 6) is -0.383. The number of carbonyl (C=O) groups is 1. The normalized spacial score (nSPS) is 17.2. The fourth-order valence-corrected chi connectivity index (χ4v) is 2.08. The summed E-state index contributed by atoms with van der Waals surface area (Å²) < 4.78 is 0. The number of hydrogen-bond donors (Lipinski definition) is 2. The minimum Gasteiger partial charge on any atom is -0.478 e. The Hall–Kier alpha value is -1.33. The molecule has 17 heavy (non-hydrogen) atoms. The molecule has 6 heteroatoms. The predicted octanol–water partition coefficient (Wildman–Crippen LogP) is 1.36. The summed E-state index contributed by atoms with van der Waals surface area (Å²) in [6, 6.07) is 1.75. The molecule has 3 N–H and O–H groups in total. The van der Waals surface area contributed by atoms with Gasteiger partial charge in [0.1, 0.15) is 5.82 Å². The third-order valence-corrected chi connectivity index (χ3v) is 3.24. The molecule has 1 aliphatic heterocycles. The zero-order valence-corrected chi connectivity index (χ0v) is 10.0. The van der Waals surface area contributed by atoms with Gasteiger partial charge in [-0.25, -0.2) is 9.78 Å². The van der Waals surface area contributed by atoms with E-state index in [9.17, 15) is 4.79 Å². The molecule has 5 nitrogen and oxygen atoms in total. The summed E-state index contributed by atoms with van der Waals surface area (Å²) >= 11 is 5.77. The van der Waals surface area contributed by atoms with Crippen molar-refractivity contribution in [2.75, 3.05) is 18.0 Å². The Kier molecular flexibility index (Phi) is 3.49. The van der Waals surface area contributed by atoms with Crippen LogP contribution in [0.4, 0.5) is 5.82 Å². The largest absolute Gasteiger partial charge is 0.478 e. The van der Waals surface area contributed by atoms with Gasteiger partial charge in [0, 0.05) is 25.3 Å². The Morgan fingerprint density at radius 1 is 1.53 bits per heavy atom. The molecule has 0 spiro atoms. The maximum atomic E-state index is 11.0. The Labute approximate surface area is 104 Å². The summed E-state index contributed by atoms with van der Waals surface area (Å²) in [5, 5.41) is 9.14. The first-order chi connectivity index (χ1) is 8.08. The van der Waals surface area contributed by atoms with Crippen LogP contribution < -0.4 is 10.6 Å². The fraction of sp³-hybridized carbons (Fsp3) is 0.455. The molecule has 0 atom stereocenters. The molecule has 0 bridgehead atoms. The molecule has 0 amide bonds. The number of pyridine rings is 1. The van der Waals surface area contributed by atoms with E-state index in [1.807, 2.05) is 4.90 Å². The van der Waals surface area contributed by atoms with Crippen LogP contribution in [0, 0.1) is 0 Å². The van der Waals surface area contributed by atoms with Crippen LogP contribution in [0.5, 0.6) is 0 Å². The number of rotatable bonds is 2. The molecular weight excluding hydrogens is 242 g/mol. The van der Waals surface area contributed by atoms with Crippen molar-refractivity contribution in [3.8, 4) is 0 Å². The van der Waals surface area contributed by atoms with Crippen molar-refractivity contribution in [2.24, 2.45) is 5.73 Å². The van der Waals surface area contributed by atoms with Crippen molar-refractivity contribution in [3.05, 3.63) is 22.8 Å². The number of piperidine rings is 1. The SMILES string of the molecule is NC1CCN(c2cc(C(=O)O)c(Cl)cn2)CC1. The van der Waals surface area contributed by atoms with Crippen LogP contribution in [0.3, 0.4) is 0 Å². The van der Waals surface area contributed by atoms with Gasteiger partial charge in [-0.2, -0.15) is 0 Å². The first-order valence-corrected chi connectivity index (χ1v) is 5.85. The minimum absolute atomic E-state index is 0.0894. The van der Waals surface area contributed by atoms with E-state index in [1.54, 1.807) is 0 Å². The number of anilines is 1. The number of carboxylic acids is 1. The number of hydrogen-bond acceptors (Lipinski definition) is 4. The van der Waals surface area contributed by atoms with Crippen LogP contribution >= 0.6 is 11.6 Å². The third-order valence-electron chi connectivity index (χ3n) is 2.93. The molecule has 2 heterocycles. The van der Waals surface area contributed by atoms with Gasteiger partial charge in [0.2, 0.25) is 0 Å². The maximum Gasteiger partial charge on any atom is 0.337 e. The van der Waals surface area contributed by atoms with E-state index in [0.717, 1.165) is 25.9 Å². The molecule has 1 saturated heterocycles. The second-order valence-electron chi connectivity index (χ2n) is 4.15. The second-order valence-corrected chi connectivity index (χ2v) is 4.56. The molecule has 0 aromatic carbocycles. The average Bonchev–Trinajstić information content (AvgIpc) is 2.30. The van der Waals surface area contributed by atoms with E-state index >= 15 is 0 Å². The maximum absolute atomic E-state index is 11.0. The Morgan fingerprint density at radius 3 is 2.76 bits per heavy atom. The van der Waals surface area contributed by atoms with E-state index in [1.165, 1.54) is 12.3 Å². The summed E-state index contributed by atoms with van der Waals surface area (Å²) in [6.07, 6.45) is 3.17. The van der Waals surface area contributed by atoms with Gasteiger partial charge in [-0.05, 0) is 18.9 Å². The number of halogens is 1. The zero-order valence-electron chi connectivity index (χ0n) is 9.27. The van der Waals surface area contributed by atoms with Gasteiger partial charge < -0.3 is 15.7 Å². The molecular formula is C11H14ClN3O2. The molecule has 0 saturated carbocycles. The number of aromatic carboxylic acids is 1. The van der Waals surface area contributed by atoms with Gasteiger partial charge >= 0.3 is 5.97 Å². The zero-order chi connectivity index (χ0) is 12.4. The van der Waals surface area contributed by atoms with Crippen LogP contribution in [0.15, 0.2) is 12.3 Å². The smallest absolute Gasteiger partial charge is 0.337 e. The van der Waals surface area contributed by atoms with Crippen LogP contribution in [0.2, 0.25) is 5.02 Å². The van der Waals surface area contributed by atoms with Crippen molar-refractivity contribution in [1.29, 1.82) is 0 Å². The highest BCUT2D eigenvalue weighted by molar-refractivity contribution is 6.33. The van der Waals surface area contributed by atoms with E-state index in [4.69, 9.17) is 22.4 Å². The lowest BCUT2D eigenvalue weighted by Gasteiger charge is -2.31. The van der Waals surface area contributed by atoms with Crippen molar-refractivity contribution in [3.63, 3.8) is 0 Å². The highest BCUT2D eigenvalue weighted by Crippen LogP contribution is 2.22. The van der Waals surface area contributed by atoms with E-state index in [2.05, 4.69) is 4.98 Å². The number of nitrogens with zero attached hydrogens (tertiary/aromatic N) is 2. The first kappa shape index (κ1) is 12.1. The van der Waals surface area contributed by atoms with E-state index in [0.29, 0.717) is 5.82 Å². The van der Waals surface area contributed by atoms with E-state index < -0.39 is 5.97 Å². The summed E-state index contributed by atoms with van der Waals surface area (Å²) in [7, 11) is 0. The lowest BCUT2D eigenvalue weighted by molar-refractivity contribution is 0.0697. The van der Waals surface area contributed by atoms with Crippen molar-refractivity contribution < 1.29 is 9.90 Å². The molecule has 0 unspecified atom stereocenters. The molecule has 1 fully saturated rings. The van der Waals surface area contributed by atoms with Gasteiger partial charge in [0.25, 0.3) is 0 Å². The molecule has 1 aromatic rings. The molecule has 1 aromatic heterocycles. The number of nitrogens with two attached hydrogens (primary N) is 1. The first-order valence-electron chi connectivity index (χ1n) is 5.47. The summed E-state index contributed by atoms with van der Waals surface area (Å²) in [5.41, 5.74) is 5.90. The Morgan fingerprint density at radius 2 is 2.18 bits per heavy atom. The third kappa shape index (κ3) is 2.68. The van der Waals surface area contributed by atoms with Crippen molar-refractivity contribution in [1.82, 2.24) is 4.98 Å². The van der Waals surface area contributed by atoms with E-state index in [-0.39, 0.29) is 16.6 Å². The molecule has 0 aliphatic carbocycles. The number of aromatic nitrogens is 1. The highest BCUT2D eigenvalue weighted by atomic mass is 35.5. The monoisotopic (exact) mass is 255 g/mol. The topological polar surface area (TPSA) is 79.5 Å². The minimum atomic E-state index is -1.03. The van der Waals surface area contributed by atoms with Crippen molar-refractivity contribution in [2.45, 2.75) is 18.9 Å². The van der Waals surface area contributed by atoms with Gasteiger partial charge in [0.05, 0.1) is 10.6 Å². The Bertz CT molecular complexity index is 431. The molecule has 92 valence electrons. The standard InChI is InChI=1S/C11H14ClN3O2/c12-9-6-14-10(5-8(9)11(16)17)15-3-1-7(13)2-4-15/h5-7H,1-4,13H2,(H,16,17). The fourth-order valence-electron chi connectivity index (χ4n) is 1.89. The van der Waals surface area contributed by atoms with Crippen LogP contribution in [-0.4, -0.2) is 35.2 Å². The summed E-state index contributed by atoms with van der Waals surface area (Å²) in [6.45, 7) is 1.60. The lowest BCUT2D eigenvalue weighted by atomic mass is 10.1. The predicted molar refractivity (Wildman–Crippen MR) is 65.6 cm³/mol. The lowest BCUT2D eigenvalue weighted by Crippen LogP contribution is -2.40. The van der Waals surface area contributed by atoms with Gasteiger partial charge in [-0.15, -0.1) is 0 Å². The van der Waals surface area contributed by atoms with Crippen molar-refractivity contribution >= 4 is 23.4 Å². The molecule has 2 rings (SSSR count). The van der Waals surface area contributed by atoms with Crippen LogP contribution in [0.1, 0.15) is 23.2 Å². The molecule has 1 aliphatic rings. The van der Waals surface area contributed by atoms with Gasteiger partial charge in [-0.3, -0.25) is 0 Å². The average molecular weight is 256 g/mol. The van der Waals surface area contributed by atoms with Gasteiger partial charge in [0.15, 0.2) is 0 Å². The Balaban J connectivity index is 2.21. The second kappa shape index (κ2) is 4.89. The van der Waals surface area contributed by atoms with Gasteiger partial charge in [-0.1, -0.05) is 11.6 Å². The van der Waals surface area contributed by atoms with Crippen LogP contribution in [-0.2, 0) is 0 Å². The quantitative estimate of drug-likeness (QED) is 0.834.